The number of carbonyl (C=O) groups is 1. The van der Waals surface area contributed by atoms with E-state index < -0.39 is 12.0 Å². The van der Waals surface area contributed by atoms with Gasteiger partial charge in [-0.2, -0.15) is 0 Å². The number of aromatic amines is 1. The molecule has 1 saturated heterocycles. The highest BCUT2D eigenvalue weighted by molar-refractivity contribution is 5.80. The minimum Gasteiger partial charge on any atom is -0.497 e. The molecule has 1 fully saturated rings. The number of nitrogens with one attached hydrogen (secondary N) is 2. The van der Waals surface area contributed by atoms with Crippen molar-refractivity contribution in [2.24, 2.45) is 5.92 Å². The Labute approximate surface area is 134 Å². The lowest BCUT2D eigenvalue weighted by Gasteiger charge is -2.32. The van der Waals surface area contributed by atoms with Gasteiger partial charge in [-0.05, 0) is 25.6 Å². The fourth-order valence-corrected chi connectivity index (χ4v) is 2.91. The first kappa shape index (κ1) is 15.8. The first-order valence-electron chi connectivity index (χ1n) is 7.74. The molecule has 7 nitrogen and oxygen atoms in total. The highest BCUT2D eigenvalue weighted by Crippen LogP contribution is 2.19. The molecule has 0 saturated carbocycles. The second kappa shape index (κ2) is 6.55. The molecule has 0 spiro atoms. The van der Waals surface area contributed by atoms with Gasteiger partial charge in [0.25, 0.3) is 0 Å². The summed E-state index contributed by atoms with van der Waals surface area (Å²) >= 11 is 0. The van der Waals surface area contributed by atoms with Crippen molar-refractivity contribution >= 4 is 16.9 Å². The number of amides is 1. The molecular weight excluding hydrogens is 296 g/mol. The first-order chi connectivity index (χ1) is 11.1. The van der Waals surface area contributed by atoms with Crippen molar-refractivity contribution in [2.75, 3.05) is 27.2 Å². The Morgan fingerprint density at radius 2 is 2.39 bits per heavy atom. The van der Waals surface area contributed by atoms with Gasteiger partial charge in [-0.3, -0.25) is 4.79 Å². The quantitative estimate of drug-likeness (QED) is 0.764. The Bertz CT molecular complexity index is 700. The van der Waals surface area contributed by atoms with Gasteiger partial charge in [0, 0.05) is 19.2 Å². The second-order valence-corrected chi connectivity index (χ2v) is 6.01. The number of nitrogens with zero attached hydrogens (tertiary/aromatic N) is 2. The van der Waals surface area contributed by atoms with Crippen LogP contribution in [0.4, 0.5) is 0 Å². The highest BCUT2D eigenvalue weighted by atomic mass is 16.5. The molecule has 1 amide bonds. The van der Waals surface area contributed by atoms with E-state index in [0.29, 0.717) is 25.3 Å². The standard InChI is InChI=1S/C16H22N4O3/c1-20-6-5-14(21)11(9-20)16(22)17-8-15-18-12-4-3-10(23-2)7-13(12)19-15/h3-4,7,11,14,21H,5-6,8-9H2,1-2H3,(H,17,22)(H,18,19)/t11-,14-/m1/s1. The minimum absolute atomic E-state index is 0.137. The minimum atomic E-state index is -0.578. The van der Waals surface area contributed by atoms with Crippen molar-refractivity contribution in [1.82, 2.24) is 20.2 Å². The molecule has 0 radical (unpaired) electrons. The molecule has 0 unspecified atom stereocenters. The van der Waals surface area contributed by atoms with E-state index in [1.807, 2.05) is 25.2 Å². The maximum atomic E-state index is 12.3. The van der Waals surface area contributed by atoms with E-state index in [1.54, 1.807) is 7.11 Å². The summed E-state index contributed by atoms with van der Waals surface area (Å²) in [6.07, 6.45) is 0.0464. The number of aliphatic hydroxyl groups excluding tert-OH is 1. The summed E-state index contributed by atoms with van der Waals surface area (Å²) in [6, 6.07) is 5.59. The van der Waals surface area contributed by atoms with E-state index in [0.717, 1.165) is 23.3 Å². The summed E-state index contributed by atoms with van der Waals surface area (Å²) in [7, 11) is 3.57. The van der Waals surface area contributed by atoms with Gasteiger partial charge in [-0.25, -0.2) is 4.98 Å². The van der Waals surface area contributed by atoms with Crippen LogP contribution in [0.3, 0.4) is 0 Å². The Kier molecular flexibility index (Phi) is 4.49. The van der Waals surface area contributed by atoms with Gasteiger partial charge in [0.05, 0.1) is 36.7 Å². The Balaban J connectivity index is 1.64. The molecule has 3 rings (SSSR count). The predicted molar refractivity (Wildman–Crippen MR) is 86.1 cm³/mol. The summed E-state index contributed by atoms with van der Waals surface area (Å²) in [5.74, 6) is 0.908. The summed E-state index contributed by atoms with van der Waals surface area (Å²) in [6.45, 7) is 1.70. The third-order valence-corrected chi connectivity index (χ3v) is 4.28. The number of benzene rings is 1. The molecule has 1 aromatic carbocycles. The summed E-state index contributed by atoms with van der Waals surface area (Å²) < 4.78 is 5.18. The largest absolute Gasteiger partial charge is 0.497 e. The van der Waals surface area contributed by atoms with Crippen LogP contribution in [-0.2, 0) is 11.3 Å². The zero-order valence-electron chi connectivity index (χ0n) is 13.4. The van der Waals surface area contributed by atoms with Gasteiger partial charge >= 0.3 is 0 Å². The van der Waals surface area contributed by atoms with E-state index in [1.165, 1.54) is 0 Å². The molecule has 2 aromatic rings. The third-order valence-electron chi connectivity index (χ3n) is 4.28. The smallest absolute Gasteiger partial charge is 0.227 e. The molecule has 1 aromatic heterocycles. The number of aromatic nitrogens is 2. The number of carbonyl (C=O) groups excluding carboxylic acids is 1. The molecular formula is C16H22N4O3. The number of hydrogen-bond acceptors (Lipinski definition) is 5. The maximum Gasteiger partial charge on any atom is 0.227 e. The molecule has 3 N–H and O–H groups in total. The zero-order valence-corrected chi connectivity index (χ0v) is 13.4. The topological polar surface area (TPSA) is 90.5 Å². The molecule has 0 bridgehead atoms. The van der Waals surface area contributed by atoms with Gasteiger partial charge < -0.3 is 25.0 Å². The number of rotatable bonds is 4. The number of fused-ring (bicyclic) bond motifs is 1. The fourth-order valence-electron chi connectivity index (χ4n) is 2.91. The predicted octanol–water partition coefficient (Wildman–Crippen LogP) is 0.500. The number of aliphatic hydroxyl groups is 1. The zero-order chi connectivity index (χ0) is 16.4. The van der Waals surface area contributed by atoms with Crippen molar-refractivity contribution in [3.8, 4) is 5.75 Å². The van der Waals surface area contributed by atoms with Crippen LogP contribution in [0, 0.1) is 5.92 Å². The van der Waals surface area contributed by atoms with Crippen LogP contribution in [-0.4, -0.2) is 59.2 Å². The van der Waals surface area contributed by atoms with E-state index >= 15 is 0 Å². The van der Waals surface area contributed by atoms with Crippen molar-refractivity contribution in [1.29, 1.82) is 0 Å². The number of H-pyrrole nitrogens is 1. The first-order valence-corrected chi connectivity index (χ1v) is 7.74. The lowest BCUT2D eigenvalue weighted by atomic mass is 9.94. The number of ether oxygens (including phenoxy) is 1. The van der Waals surface area contributed by atoms with Crippen molar-refractivity contribution in [3.05, 3.63) is 24.0 Å². The van der Waals surface area contributed by atoms with Gasteiger partial charge in [0.1, 0.15) is 11.6 Å². The number of piperidine rings is 1. The van der Waals surface area contributed by atoms with Crippen molar-refractivity contribution < 1.29 is 14.6 Å². The average molecular weight is 318 g/mol. The SMILES string of the molecule is COc1ccc2nc(CNC(=O)[C@@H]3CN(C)CC[C@H]3O)[nH]c2c1. The molecule has 7 heteroatoms. The van der Waals surface area contributed by atoms with Crippen LogP contribution in [0.25, 0.3) is 11.0 Å². The average Bonchev–Trinajstić information content (AvgIpc) is 2.96. The van der Waals surface area contributed by atoms with Gasteiger partial charge in [0.15, 0.2) is 0 Å². The summed E-state index contributed by atoms with van der Waals surface area (Å²) in [5, 5.41) is 12.9. The van der Waals surface area contributed by atoms with E-state index in [4.69, 9.17) is 4.74 Å². The molecule has 1 aliphatic heterocycles. The van der Waals surface area contributed by atoms with Gasteiger partial charge in [-0.15, -0.1) is 0 Å². The fraction of sp³-hybridized carbons (Fsp3) is 0.500. The van der Waals surface area contributed by atoms with Crippen molar-refractivity contribution in [3.63, 3.8) is 0 Å². The number of likely N-dealkylation sites (tertiary alicyclic amines) is 1. The Morgan fingerprint density at radius 1 is 1.57 bits per heavy atom. The normalized spacial score (nSPS) is 22.2. The maximum absolute atomic E-state index is 12.3. The van der Waals surface area contributed by atoms with E-state index in [9.17, 15) is 9.90 Å². The van der Waals surface area contributed by atoms with Gasteiger partial charge in [0.2, 0.25) is 5.91 Å². The van der Waals surface area contributed by atoms with E-state index in [-0.39, 0.29) is 5.91 Å². The lowest BCUT2D eigenvalue weighted by molar-refractivity contribution is -0.131. The van der Waals surface area contributed by atoms with Crippen LogP contribution in [0.5, 0.6) is 5.75 Å². The Morgan fingerprint density at radius 3 is 3.17 bits per heavy atom. The van der Waals surface area contributed by atoms with Gasteiger partial charge in [-0.1, -0.05) is 0 Å². The molecule has 124 valence electrons. The van der Waals surface area contributed by atoms with Crippen molar-refractivity contribution in [2.45, 2.75) is 19.1 Å². The highest BCUT2D eigenvalue weighted by Gasteiger charge is 2.31. The molecule has 2 heterocycles. The monoisotopic (exact) mass is 318 g/mol. The van der Waals surface area contributed by atoms with Crippen LogP contribution in [0.15, 0.2) is 18.2 Å². The third kappa shape index (κ3) is 3.46. The summed E-state index contributed by atoms with van der Waals surface area (Å²) in [4.78, 5) is 22.0. The molecule has 0 aliphatic carbocycles. The van der Waals surface area contributed by atoms with Crippen LogP contribution in [0.2, 0.25) is 0 Å². The lowest BCUT2D eigenvalue weighted by Crippen LogP contribution is -2.48. The van der Waals surface area contributed by atoms with Crippen LogP contribution >= 0.6 is 0 Å². The van der Waals surface area contributed by atoms with Crippen LogP contribution in [0.1, 0.15) is 12.2 Å². The summed E-state index contributed by atoms with van der Waals surface area (Å²) in [5.41, 5.74) is 1.69. The second-order valence-electron chi connectivity index (χ2n) is 6.01. The number of imidazole rings is 1. The molecule has 23 heavy (non-hydrogen) atoms. The molecule has 2 atom stereocenters. The number of hydrogen-bond donors (Lipinski definition) is 3. The van der Waals surface area contributed by atoms with Crippen LogP contribution < -0.4 is 10.1 Å². The Hall–Kier alpha value is -2.12. The molecule has 1 aliphatic rings. The number of methoxy groups -OCH3 is 1. The van der Waals surface area contributed by atoms with E-state index in [2.05, 4.69) is 20.2 Å².